The van der Waals surface area contributed by atoms with Gasteiger partial charge in [0.25, 0.3) is 0 Å². The highest BCUT2D eigenvalue weighted by Gasteiger charge is 2.41. The summed E-state index contributed by atoms with van der Waals surface area (Å²) in [6.45, 7) is 2.54. The molecule has 100 valence electrons. The van der Waals surface area contributed by atoms with Crippen LogP contribution in [-0.4, -0.2) is 24.2 Å². The molecule has 0 aromatic carbocycles. The number of alkyl halides is 3. The molecule has 1 aliphatic rings. The molecule has 6 heteroatoms. The molecule has 0 bridgehead atoms. The summed E-state index contributed by atoms with van der Waals surface area (Å²) in [5.74, 6) is -0.588. The molecule has 1 fully saturated rings. The molecular formula is C12H16F3N3. The zero-order valence-corrected chi connectivity index (χ0v) is 10.2. The third kappa shape index (κ3) is 2.68. The second kappa shape index (κ2) is 4.66. The van der Waals surface area contributed by atoms with Gasteiger partial charge in [0.15, 0.2) is 5.82 Å². The molecule has 18 heavy (non-hydrogen) atoms. The van der Waals surface area contributed by atoms with Gasteiger partial charge in [0.2, 0.25) is 0 Å². The van der Waals surface area contributed by atoms with E-state index in [9.17, 15) is 13.2 Å². The second-order valence-corrected chi connectivity index (χ2v) is 4.67. The highest BCUT2D eigenvalue weighted by molar-refractivity contribution is 5.63. The predicted octanol–water partition coefficient (Wildman–Crippen LogP) is 2.75. The lowest BCUT2D eigenvalue weighted by Crippen LogP contribution is -2.39. The van der Waals surface area contributed by atoms with Gasteiger partial charge < -0.3 is 10.6 Å². The first kappa shape index (κ1) is 13.0. The van der Waals surface area contributed by atoms with E-state index in [0.29, 0.717) is 24.6 Å². The minimum atomic E-state index is -4.09. The quantitative estimate of drug-likeness (QED) is 0.843. The third-order valence-electron chi connectivity index (χ3n) is 3.30. The molecule has 1 aromatic rings. The van der Waals surface area contributed by atoms with Gasteiger partial charge >= 0.3 is 6.18 Å². The average molecular weight is 259 g/mol. The Labute approximate surface area is 104 Å². The highest BCUT2D eigenvalue weighted by atomic mass is 19.4. The number of nitrogen functional groups attached to an aromatic ring is 1. The lowest BCUT2D eigenvalue weighted by molar-refractivity contribution is -0.179. The molecule has 0 amide bonds. The van der Waals surface area contributed by atoms with Crippen LogP contribution in [0.1, 0.15) is 18.5 Å². The molecule has 2 N–H and O–H groups in total. The van der Waals surface area contributed by atoms with Gasteiger partial charge in [-0.25, -0.2) is 4.98 Å². The number of nitrogens with zero attached hydrogens (tertiary/aromatic N) is 2. The van der Waals surface area contributed by atoms with E-state index in [4.69, 9.17) is 5.73 Å². The van der Waals surface area contributed by atoms with Gasteiger partial charge in [0, 0.05) is 18.8 Å². The van der Waals surface area contributed by atoms with Gasteiger partial charge in [-0.15, -0.1) is 0 Å². The van der Waals surface area contributed by atoms with Crippen molar-refractivity contribution in [3.63, 3.8) is 0 Å². The number of anilines is 2. The summed E-state index contributed by atoms with van der Waals surface area (Å²) < 4.78 is 37.7. The van der Waals surface area contributed by atoms with Crippen molar-refractivity contribution in [1.29, 1.82) is 0 Å². The lowest BCUT2D eigenvalue weighted by Gasteiger charge is -2.34. The van der Waals surface area contributed by atoms with E-state index in [1.165, 1.54) is 0 Å². The van der Waals surface area contributed by atoms with Crippen LogP contribution >= 0.6 is 0 Å². The molecule has 1 aromatic heterocycles. The van der Waals surface area contributed by atoms with Crippen LogP contribution in [0.15, 0.2) is 12.1 Å². The van der Waals surface area contributed by atoms with E-state index in [0.717, 1.165) is 5.69 Å². The Kier molecular flexibility index (Phi) is 3.36. The minimum absolute atomic E-state index is 0.110. The largest absolute Gasteiger partial charge is 0.396 e. The summed E-state index contributed by atoms with van der Waals surface area (Å²) in [6.07, 6.45) is -3.87. The van der Waals surface area contributed by atoms with Crippen LogP contribution in [-0.2, 0) is 0 Å². The molecule has 1 aliphatic heterocycles. The molecule has 2 rings (SSSR count). The van der Waals surface area contributed by atoms with Crippen molar-refractivity contribution in [2.75, 3.05) is 23.7 Å². The van der Waals surface area contributed by atoms with E-state index in [1.807, 2.05) is 11.8 Å². The summed E-state index contributed by atoms with van der Waals surface area (Å²) in [7, 11) is 0. The van der Waals surface area contributed by atoms with Crippen molar-refractivity contribution in [3.05, 3.63) is 17.8 Å². The van der Waals surface area contributed by atoms with Gasteiger partial charge in [-0.1, -0.05) is 0 Å². The number of pyridine rings is 1. The van der Waals surface area contributed by atoms with Crippen LogP contribution < -0.4 is 10.6 Å². The zero-order valence-electron chi connectivity index (χ0n) is 10.2. The van der Waals surface area contributed by atoms with Crippen molar-refractivity contribution in [3.8, 4) is 0 Å². The molecule has 0 saturated carbocycles. The standard InChI is InChI=1S/C12H16F3N3/c1-8-2-3-10(16)11(17-8)18-6-4-9(5-7-18)12(13,14)15/h2-3,9H,4-7,16H2,1H3. The Morgan fingerprint density at radius 1 is 1.28 bits per heavy atom. The van der Waals surface area contributed by atoms with E-state index < -0.39 is 12.1 Å². The monoisotopic (exact) mass is 259 g/mol. The van der Waals surface area contributed by atoms with Crippen LogP contribution in [0.2, 0.25) is 0 Å². The molecule has 0 aliphatic carbocycles. The average Bonchev–Trinajstić information content (AvgIpc) is 2.31. The summed E-state index contributed by atoms with van der Waals surface area (Å²) >= 11 is 0. The van der Waals surface area contributed by atoms with Gasteiger partial charge in [-0.3, -0.25) is 0 Å². The molecule has 0 spiro atoms. The van der Waals surface area contributed by atoms with Crippen molar-refractivity contribution in [2.45, 2.75) is 25.9 Å². The van der Waals surface area contributed by atoms with Crippen molar-refractivity contribution in [1.82, 2.24) is 4.98 Å². The lowest BCUT2D eigenvalue weighted by atomic mass is 9.96. The number of aryl methyl sites for hydroxylation is 1. The van der Waals surface area contributed by atoms with Crippen molar-refractivity contribution < 1.29 is 13.2 Å². The number of piperidine rings is 1. The van der Waals surface area contributed by atoms with Crippen LogP contribution in [0.25, 0.3) is 0 Å². The Bertz CT molecular complexity index is 423. The van der Waals surface area contributed by atoms with Gasteiger partial charge in [0.05, 0.1) is 11.6 Å². The van der Waals surface area contributed by atoms with Gasteiger partial charge in [-0.2, -0.15) is 13.2 Å². The van der Waals surface area contributed by atoms with E-state index in [2.05, 4.69) is 4.98 Å². The first-order valence-electron chi connectivity index (χ1n) is 5.92. The van der Waals surface area contributed by atoms with Gasteiger partial charge in [-0.05, 0) is 31.9 Å². The zero-order chi connectivity index (χ0) is 13.3. The SMILES string of the molecule is Cc1ccc(N)c(N2CCC(C(F)(F)F)CC2)n1. The Morgan fingerprint density at radius 2 is 1.89 bits per heavy atom. The molecule has 0 radical (unpaired) electrons. The van der Waals surface area contributed by atoms with Crippen LogP contribution in [0.3, 0.4) is 0 Å². The Morgan fingerprint density at radius 3 is 2.44 bits per heavy atom. The molecule has 3 nitrogen and oxygen atoms in total. The first-order chi connectivity index (χ1) is 8.38. The van der Waals surface area contributed by atoms with E-state index in [1.54, 1.807) is 12.1 Å². The third-order valence-corrected chi connectivity index (χ3v) is 3.30. The van der Waals surface area contributed by atoms with Crippen LogP contribution in [0.5, 0.6) is 0 Å². The van der Waals surface area contributed by atoms with Crippen LogP contribution in [0.4, 0.5) is 24.7 Å². The topological polar surface area (TPSA) is 42.1 Å². The maximum absolute atomic E-state index is 12.6. The second-order valence-electron chi connectivity index (χ2n) is 4.67. The van der Waals surface area contributed by atoms with E-state index >= 15 is 0 Å². The number of aromatic nitrogens is 1. The normalized spacial score (nSPS) is 18.1. The number of nitrogens with two attached hydrogens (primary N) is 1. The molecule has 1 saturated heterocycles. The smallest absolute Gasteiger partial charge is 0.391 e. The van der Waals surface area contributed by atoms with Crippen LogP contribution in [0, 0.1) is 12.8 Å². The van der Waals surface area contributed by atoms with Gasteiger partial charge in [0.1, 0.15) is 0 Å². The summed E-state index contributed by atoms with van der Waals surface area (Å²) in [5, 5.41) is 0. The highest BCUT2D eigenvalue weighted by Crippen LogP contribution is 2.35. The molecule has 2 heterocycles. The van der Waals surface area contributed by atoms with E-state index in [-0.39, 0.29) is 12.8 Å². The summed E-state index contributed by atoms with van der Waals surface area (Å²) in [5.41, 5.74) is 7.15. The van der Waals surface area contributed by atoms with Crippen molar-refractivity contribution >= 4 is 11.5 Å². The molecule has 0 atom stereocenters. The molecular weight excluding hydrogens is 243 g/mol. The number of halogens is 3. The fraction of sp³-hybridized carbons (Fsp3) is 0.583. The fourth-order valence-corrected chi connectivity index (χ4v) is 2.23. The number of rotatable bonds is 1. The first-order valence-corrected chi connectivity index (χ1v) is 5.92. The number of hydrogen-bond donors (Lipinski definition) is 1. The summed E-state index contributed by atoms with van der Waals surface area (Å²) in [6, 6.07) is 3.54. The Hall–Kier alpha value is -1.46. The minimum Gasteiger partial charge on any atom is -0.396 e. The maximum Gasteiger partial charge on any atom is 0.391 e. The maximum atomic E-state index is 12.6. The summed E-state index contributed by atoms with van der Waals surface area (Å²) in [4.78, 5) is 6.14. The predicted molar refractivity (Wildman–Crippen MR) is 64.4 cm³/mol. The fourth-order valence-electron chi connectivity index (χ4n) is 2.23. The van der Waals surface area contributed by atoms with Crippen molar-refractivity contribution in [2.24, 2.45) is 5.92 Å². The number of hydrogen-bond acceptors (Lipinski definition) is 3. The Balaban J connectivity index is 2.08. The molecule has 0 unspecified atom stereocenters.